The zero-order valence-corrected chi connectivity index (χ0v) is 11.7. The maximum Gasteiger partial charge on any atom is 0.131 e. The van der Waals surface area contributed by atoms with Gasteiger partial charge in [0, 0.05) is 43.9 Å². The number of phenols is 1. The van der Waals surface area contributed by atoms with E-state index >= 15 is 0 Å². The molecule has 0 saturated carbocycles. The van der Waals surface area contributed by atoms with E-state index in [0.29, 0.717) is 11.5 Å². The second kappa shape index (κ2) is 6.35. The molecule has 19 heavy (non-hydrogen) atoms. The molecule has 4 heteroatoms. The van der Waals surface area contributed by atoms with Crippen LogP contribution in [0.5, 0.6) is 5.75 Å². The molecular weight excluding hydrogens is 243 g/mol. The van der Waals surface area contributed by atoms with Crippen LogP contribution >= 0.6 is 0 Å². The Balaban J connectivity index is 2.30. The van der Waals surface area contributed by atoms with Crippen molar-refractivity contribution in [1.82, 2.24) is 10.2 Å². The predicted octanol–water partition coefficient (Wildman–Crippen LogP) is 2.52. The van der Waals surface area contributed by atoms with Crippen LogP contribution in [0.2, 0.25) is 0 Å². The zero-order chi connectivity index (χ0) is 13.8. The lowest BCUT2D eigenvalue weighted by Crippen LogP contribution is -2.46. The number of halogens is 1. The number of phenolic OH excluding ortho intramolecular Hbond substituents is 1. The molecule has 2 atom stereocenters. The van der Waals surface area contributed by atoms with Crippen LogP contribution in [-0.4, -0.2) is 36.2 Å². The molecule has 3 nitrogen and oxygen atoms in total. The lowest BCUT2D eigenvalue weighted by atomic mass is 9.90. The van der Waals surface area contributed by atoms with Crippen LogP contribution in [0.4, 0.5) is 4.39 Å². The topological polar surface area (TPSA) is 35.5 Å². The summed E-state index contributed by atoms with van der Waals surface area (Å²) < 4.78 is 14.1. The van der Waals surface area contributed by atoms with Crippen molar-refractivity contribution in [2.24, 2.45) is 5.92 Å². The van der Waals surface area contributed by atoms with E-state index in [2.05, 4.69) is 24.1 Å². The summed E-state index contributed by atoms with van der Waals surface area (Å²) in [5, 5.41) is 12.7. The molecule has 0 amide bonds. The fourth-order valence-corrected chi connectivity index (χ4v) is 2.80. The molecular formula is C15H23FN2O. The Kier molecular flexibility index (Phi) is 4.77. The van der Waals surface area contributed by atoms with Crippen molar-refractivity contribution in [3.05, 3.63) is 29.6 Å². The van der Waals surface area contributed by atoms with Gasteiger partial charge in [0.05, 0.1) is 0 Å². The van der Waals surface area contributed by atoms with Crippen LogP contribution in [0, 0.1) is 11.7 Å². The van der Waals surface area contributed by atoms with Crippen molar-refractivity contribution in [3.8, 4) is 5.75 Å². The molecule has 0 aromatic heterocycles. The first-order valence-corrected chi connectivity index (χ1v) is 7.06. The maximum absolute atomic E-state index is 14.1. The van der Waals surface area contributed by atoms with E-state index in [0.717, 1.165) is 32.6 Å². The molecule has 1 aromatic carbocycles. The van der Waals surface area contributed by atoms with Gasteiger partial charge in [-0.25, -0.2) is 4.39 Å². The van der Waals surface area contributed by atoms with Crippen molar-refractivity contribution in [1.29, 1.82) is 0 Å². The van der Waals surface area contributed by atoms with Crippen molar-refractivity contribution in [3.63, 3.8) is 0 Å². The highest BCUT2D eigenvalue weighted by Crippen LogP contribution is 2.33. The minimum absolute atomic E-state index is 0.00976. The molecule has 1 aliphatic rings. The summed E-state index contributed by atoms with van der Waals surface area (Å²) in [6.45, 7) is 8.08. The molecule has 1 unspecified atom stereocenters. The number of nitrogens with one attached hydrogen (secondary N) is 1. The van der Waals surface area contributed by atoms with Gasteiger partial charge in [0.15, 0.2) is 0 Å². The van der Waals surface area contributed by atoms with E-state index in [1.54, 1.807) is 12.1 Å². The van der Waals surface area contributed by atoms with Crippen LogP contribution < -0.4 is 5.32 Å². The summed E-state index contributed by atoms with van der Waals surface area (Å²) in [6, 6.07) is 4.61. The lowest BCUT2D eigenvalue weighted by molar-refractivity contribution is 0.125. The van der Waals surface area contributed by atoms with E-state index in [1.165, 1.54) is 6.07 Å². The monoisotopic (exact) mass is 266 g/mol. The Labute approximate surface area is 114 Å². The number of hydrogen-bond donors (Lipinski definition) is 2. The van der Waals surface area contributed by atoms with Gasteiger partial charge in [-0.2, -0.15) is 0 Å². The van der Waals surface area contributed by atoms with Crippen LogP contribution in [0.3, 0.4) is 0 Å². The highest BCUT2D eigenvalue weighted by molar-refractivity contribution is 5.30. The Morgan fingerprint density at radius 1 is 1.37 bits per heavy atom. The Bertz CT molecular complexity index is 419. The molecule has 1 aliphatic heterocycles. The third kappa shape index (κ3) is 3.25. The first-order valence-electron chi connectivity index (χ1n) is 7.06. The zero-order valence-electron chi connectivity index (χ0n) is 11.7. The van der Waals surface area contributed by atoms with Crippen molar-refractivity contribution in [2.45, 2.75) is 26.3 Å². The number of aromatic hydroxyl groups is 1. The average Bonchev–Trinajstić information content (AvgIpc) is 2.42. The molecule has 1 saturated heterocycles. The minimum atomic E-state index is -0.302. The van der Waals surface area contributed by atoms with Gasteiger partial charge in [0.2, 0.25) is 0 Å². The molecule has 0 spiro atoms. The summed E-state index contributed by atoms with van der Waals surface area (Å²) in [7, 11) is 0. The number of benzene rings is 1. The van der Waals surface area contributed by atoms with Crippen molar-refractivity contribution in [2.75, 3.05) is 26.2 Å². The number of rotatable bonds is 4. The summed E-state index contributed by atoms with van der Waals surface area (Å²) >= 11 is 0. The van der Waals surface area contributed by atoms with Crippen molar-refractivity contribution >= 4 is 0 Å². The SMILES string of the molecule is CCC(C)[C@H](c1ccc(O)cc1F)N1CCNCC1. The van der Waals surface area contributed by atoms with Gasteiger partial charge in [-0.05, 0) is 12.0 Å². The third-order valence-electron chi connectivity index (χ3n) is 4.03. The third-order valence-corrected chi connectivity index (χ3v) is 4.03. The predicted molar refractivity (Wildman–Crippen MR) is 74.7 cm³/mol. The molecule has 2 rings (SSSR count). The normalized spacial score (nSPS) is 20.2. The highest BCUT2D eigenvalue weighted by atomic mass is 19.1. The summed E-state index contributed by atoms with van der Waals surface area (Å²) in [4.78, 5) is 2.35. The van der Waals surface area contributed by atoms with Gasteiger partial charge in [-0.15, -0.1) is 0 Å². The largest absolute Gasteiger partial charge is 0.508 e. The quantitative estimate of drug-likeness (QED) is 0.879. The smallest absolute Gasteiger partial charge is 0.131 e. The second-order valence-corrected chi connectivity index (χ2v) is 5.32. The second-order valence-electron chi connectivity index (χ2n) is 5.32. The molecule has 2 N–H and O–H groups in total. The summed E-state index contributed by atoms with van der Waals surface area (Å²) in [6.07, 6.45) is 1.01. The van der Waals surface area contributed by atoms with E-state index in [9.17, 15) is 9.50 Å². The van der Waals surface area contributed by atoms with E-state index in [4.69, 9.17) is 0 Å². The Morgan fingerprint density at radius 3 is 2.63 bits per heavy atom. The first-order chi connectivity index (χ1) is 9.13. The minimum Gasteiger partial charge on any atom is -0.508 e. The number of nitrogens with zero attached hydrogens (tertiary/aromatic N) is 1. The molecule has 1 aromatic rings. The van der Waals surface area contributed by atoms with Gasteiger partial charge >= 0.3 is 0 Å². The standard InChI is InChI=1S/C15H23FN2O/c1-3-11(2)15(18-8-6-17-7-9-18)13-5-4-12(19)10-14(13)16/h4-5,10-11,15,17,19H,3,6-9H2,1-2H3/t11?,15-/m1/s1. The molecule has 106 valence electrons. The van der Waals surface area contributed by atoms with Crippen LogP contribution in [0.1, 0.15) is 31.9 Å². The first kappa shape index (κ1) is 14.3. The van der Waals surface area contributed by atoms with Crippen LogP contribution in [-0.2, 0) is 0 Å². The molecule has 1 heterocycles. The summed E-state index contributed by atoms with van der Waals surface area (Å²) in [5.41, 5.74) is 0.703. The van der Waals surface area contributed by atoms with Gasteiger partial charge in [-0.3, -0.25) is 4.90 Å². The van der Waals surface area contributed by atoms with Crippen molar-refractivity contribution < 1.29 is 9.50 Å². The molecule has 0 aliphatic carbocycles. The van der Waals surface area contributed by atoms with Gasteiger partial charge < -0.3 is 10.4 Å². The highest BCUT2D eigenvalue weighted by Gasteiger charge is 2.28. The average molecular weight is 266 g/mol. The fraction of sp³-hybridized carbons (Fsp3) is 0.600. The number of piperazine rings is 1. The fourth-order valence-electron chi connectivity index (χ4n) is 2.80. The molecule has 1 fully saturated rings. The van der Waals surface area contributed by atoms with Crippen LogP contribution in [0.25, 0.3) is 0 Å². The van der Waals surface area contributed by atoms with E-state index in [1.807, 2.05) is 0 Å². The number of hydrogen-bond acceptors (Lipinski definition) is 3. The van der Waals surface area contributed by atoms with E-state index in [-0.39, 0.29) is 17.6 Å². The lowest BCUT2D eigenvalue weighted by Gasteiger charge is -2.38. The molecule has 0 bridgehead atoms. The maximum atomic E-state index is 14.1. The summed E-state index contributed by atoms with van der Waals surface area (Å²) in [5.74, 6) is 0.0745. The van der Waals surface area contributed by atoms with Crippen LogP contribution in [0.15, 0.2) is 18.2 Å². The van der Waals surface area contributed by atoms with E-state index < -0.39 is 0 Å². The van der Waals surface area contributed by atoms with Gasteiger partial charge in [0.1, 0.15) is 11.6 Å². The van der Waals surface area contributed by atoms with Gasteiger partial charge in [0.25, 0.3) is 0 Å². The Morgan fingerprint density at radius 2 is 2.05 bits per heavy atom. The molecule has 0 radical (unpaired) electrons. The van der Waals surface area contributed by atoms with Gasteiger partial charge in [-0.1, -0.05) is 26.3 Å². The Hall–Kier alpha value is -1.13.